The maximum atomic E-state index is 11.8. The molecule has 6 heteroatoms. The lowest BCUT2D eigenvalue weighted by Crippen LogP contribution is -2.30. The summed E-state index contributed by atoms with van der Waals surface area (Å²) in [6, 6.07) is 6.55. The molecule has 1 aromatic carbocycles. The monoisotopic (exact) mass is 289 g/mol. The van der Waals surface area contributed by atoms with Gasteiger partial charge >= 0.3 is 6.03 Å². The number of benzene rings is 1. The second-order valence-electron chi connectivity index (χ2n) is 5.38. The molecule has 1 heterocycles. The molecule has 0 aliphatic carbocycles. The first-order valence-corrected chi connectivity index (χ1v) is 6.97. The lowest BCUT2D eigenvalue weighted by atomic mass is 10.0. The lowest BCUT2D eigenvalue weighted by molar-refractivity contribution is -0.120. The maximum absolute atomic E-state index is 11.8. The van der Waals surface area contributed by atoms with Gasteiger partial charge in [0.2, 0.25) is 5.91 Å². The van der Waals surface area contributed by atoms with E-state index in [1.54, 1.807) is 0 Å². The highest BCUT2D eigenvalue weighted by atomic mass is 16.2. The van der Waals surface area contributed by atoms with Gasteiger partial charge < -0.3 is 10.6 Å². The topological polar surface area (TPSA) is 87.3 Å². The van der Waals surface area contributed by atoms with Gasteiger partial charge in [0, 0.05) is 12.1 Å². The van der Waals surface area contributed by atoms with Gasteiger partial charge in [-0.2, -0.15) is 0 Å². The van der Waals surface area contributed by atoms with E-state index in [9.17, 15) is 14.4 Å². The molecule has 0 radical (unpaired) electrons. The van der Waals surface area contributed by atoms with E-state index in [0.29, 0.717) is 5.92 Å². The Hall–Kier alpha value is -2.37. The van der Waals surface area contributed by atoms with Gasteiger partial charge in [-0.25, -0.2) is 4.79 Å². The Labute approximate surface area is 123 Å². The van der Waals surface area contributed by atoms with Crippen LogP contribution in [-0.4, -0.2) is 23.9 Å². The third-order valence-corrected chi connectivity index (χ3v) is 3.38. The third kappa shape index (κ3) is 4.05. The Morgan fingerprint density at radius 1 is 1.24 bits per heavy atom. The fourth-order valence-corrected chi connectivity index (χ4v) is 2.11. The summed E-state index contributed by atoms with van der Waals surface area (Å²) in [6.07, 6.45) is 0.456. The molecule has 1 aliphatic heterocycles. The third-order valence-electron chi connectivity index (χ3n) is 3.38. The van der Waals surface area contributed by atoms with Crippen LogP contribution in [0.5, 0.6) is 0 Å². The summed E-state index contributed by atoms with van der Waals surface area (Å²) >= 11 is 0. The van der Waals surface area contributed by atoms with Crippen molar-refractivity contribution in [3.05, 3.63) is 29.8 Å². The number of nitrogens with one attached hydrogen (secondary N) is 3. The molecule has 1 saturated heterocycles. The van der Waals surface area contributed by atoms with Crippen molar-refractivity contribution < 1.29 is 14.4 Å². The average Bonchev–Trinajstić information content (AvgIpc) is 2.75. The van der Waals surface area contributed by atoms with Crippen molar-refractivity contribution in [3.63, 3.8) is 0 Å². The number of carbonyl (C=O) groups is 3. The van der Waals surface area contributed by atoms with Crippen LogP contribution in [0.25, 0.3) is 0 Å². The number of anilines is 1. The molecule has 3 N–H and O–H groups in total. The zero-order valence-corrected chi connectivity index (χ0v) is 12.1. The van der Waals surface area contributed by atoms with Crippen LogP contribution >= 0.6 is 0 Å². The number of imide groups is 1. The Balaban J connectivity index is 1.82. The van der Waals surface area contributed by atoms with Crippen LogP contribution in [-0.2, 0) is 9.59 Å². The minimum Gasteiger partial charge on any atom is -0.326 e. The summed E-state index contributed by atoms with van der Waals surface area (Å²) in [5.41, 5.74) is 1.93. The highest BCUT2D eigenvalue weighted by molar-refractivity contribution is 6.04. The number of hydrogen-bond donors (Lipinski definition) is 3. The van der Waals surface area contributed by atoms with Gasteiger partial charge in [-0.1, -0.05) is 26.0 Å². The molecule has 112 valence electrons. The number of carbonyl (C=O) groups excluding carboxylic acids is 3. The molecule has 1 atom stereocenters. The molecular weight excluding hydrogens is 270 g/mol. The van der Waals surface area contributed by atoms with Crippen molar-refractivity contribution in [2.75, 3.05) is 5.32 Å². The molecule has 0 aromatic heterocycles. The molecule has 1 fully saturated rings. The van der Waals surface area contributed by atoms with Crippen molar-refractivity contribution >= 4 is 23.5 Å². The van der Waals surface area contributed by atoms with Crippen molar-refractivity contribution in [2.45, 2.75) is 38.6 Å². The SMILES string of the molecule is CC(C)c1ccc(NC(=O)CCC2NC(=O)NC2=O)cc1. The van der Waals surface area contributed by atoms with Crippen LogP contribution in [0.2, 0.25) is 0 Å². The van der Waals surface area contributed by atoms with Crippen LogP contribution in [0.4, 0.5) is 10.5 Å². The minimum absolute atomic E-state index is 0.171. The predicted molar refractivity (Wildman–Crippen MR) is 78.9 cm³/mol. The van der Waals surface area contributed by atoms with Crippen molar-refractivity contribution in [3.8, 4) is 0 Å². The van der Waals surface area contributed by atoms with Gasteiger partial charge in [0.1, 0.15) is 6.04 Å². The second kappa shape index (κ2) is 6.39. The van der Waals surface area contributed by atoms with Crippen LogP contribution in [0.15, 0.2) is 24.3 Å². The molecule has 1 aromatic rings. The highest BCUT2D eigenvalue weighted by Crippen LogP contribution is 2.17. The first-order valence-electron chi connectivity index (χ1n) is 6.97. The minimum atomic E-state index is -0.619. The fraction of sp³-hybridized carbons (Fsp3) is 0.400. The van der Waals surface area contributed by atoms with E-state index in [2.05, 4.69) is 29.8 Å². The van der Waals surface area contributed by atoms with E-state index in [1.165, 1.54) is 5.56 Å². The summed E-state index contributed by atoms with van der Waals surface area (Å²) in [7, 11) is 0. The smallest absolute Gasteiger partial charge is 0.322 e. The van der Waals surface area contributed by atoms with Crippen molar-refractivity contribution in [1.82, 2.24) is 10.6 Å². The van der Waals surface area contributed by atoms with Gasteiger partial charge in [0.15, 0.2) is 0 Å². The van der Waals surface area contributed by atoms with E-state index in [4.69, 9.17) is 0 Å². The summed E-state index contributed by atoms with van der Waals surface area (Å²) < 4.78 is 0. The first kappa shape index (κ1) is 15.0. The molecule has 2 rings (SSSR count). The summed E-state index contributed by atoms with van der Waals surface area (Å²) in [6.45, 7) is 4.21. The van der Waals surface area contributed by atoms with E-state index in [0.717, 1.165) is 5.69 Å². The summed E-state index contributed by atoms with van der Waals surface area (Å²) in [5, 5.41) is 7.37. The van der Waals surface area contributed by atoms with Crippen molar-refractivity contribution in [1.29, 1.82) is 0 Å². The van der Waals surface area contributed by atoms with E-state index in [1.807, 2.05) is 24.3 Å². The van der Waals surface area contributed by atoms with E-state index in [-0.39, 0.29) is 24.7 Å². The average molecular weight is 289 g/mol. The Bertz CT molecular complexity index is 552. The number of hydrogen-bond acceptors (Lipinski definition) is 3. The van der Waals surface area contributed by atoms with Crippen LogP contribution in [0.1, 0.15) is 38.2 Å². The number of urea groups is 1. The predicted octanol–water partition coefficient (Wildman–Crippen LogP) is 1.74. The molecule has 4 amide bonds. The lowest BCUT2D eigenvalue weighted by Gasteiger charge is -2.09. The van der Waals surface area contributed by atoms with Crippen LogP contribution < -0.4 is 16.0 Å². The zero-order chi connectivity index (χ0) is 15.4. The molecular formula is C15H19N3O3. The molecule has 1 aliphatic rings. The Kier molecular flexibility index (Phi) is 4.57. The largest absolute Gasteiger partial charge is 0.326 e. The number of rotatable bonds is 5. The summed E-state index contributed by atoms with van der Waals surface area (Å²) in [4.78, 5) is 34.1. The normalized spacial score (nSPS) is 17.6. The van der Waals surface area contributed by atoms with E-state index >= 15 is 0 Å². The molecule has 0 spiro atoms. The molecule has 6 nitrogen and oxygen atoms in total. The molecule has 1 unspecified atom stereocenters. The Morgan fingerprint density at radius 3 is 2.43 bits per heavy atom. The van der Waals surface area contributed by atoms with Gasteiger partial charge in [0.05, 0.1) is 0 Å². The van der Waals surface area contributed by atoms with Crippen LogP contribution in [0, 0.1) is 0 Å². The first-order chi connectivity index (χ1) is 9.95. The van der Waals surface area contributed by atoms with Crippen LogP contribution in [0.3, 0.4) is 0 Å². The molecule has 0 bridgehead atoms. The molecule has 21 heavy (non-hydrogen) atoms. The van der Waals surface area contributed by atoms with Gasteiger partial charge in [-0.3, -0.25) is 14.9 Å². The quantitative estimate of drug-likeness (QED) is 0.721. The van der Waals surface area contributed by atoms with Gasteiger partial charge in [-0.15, -0.1) is 0 Å². The number of amides is 4. The summed E-state index contributed by atoms with van der Waals surface area (Å²) in [5.74, 6) is -0.116. The van der Waals surface area contributed by atoms with Crippen molar-refractivity contribution in [2.24, 2.45) is 0 Å². The van der Waals surface area contributed by atoms with Gasteiger partial charge in [0.25, 0.3) is 5.91 Å². The molecule has 0 saturated carbocycles. The van der Waals surface area contributed by atoms with E-state index < -0.39 is 12.1 Å². The standard InChI is InChI=1S/C15H19N3O3/c1-9(2)10-3-5-11(6-4-10)16-13(19)8-7-12-14(20)18-15(21)17-12/h3-6,9,12H,7-8H2,1-2H3,(H,16,19)(H2,17,18,20,21). The fourth-order valence-electron chi connectivity index (χ4n) is 2.11. The highest BCUT2D eigenvalue weighted by Gasteiger charge is 2.29. The zero-order valence-electron chi connectivity index (χ0n) is 12.1. The maximum Gasteiger partial charge on any atom is 0.322 e. The second-order valence-corrected chi connectivity index (χ2v) is 5.38. The van der Waals surface area contributed by atoms with Gasteiger partial charge in [-0.05, 0) is 30.0 Å². The Morgan fingerprint density at radius 2 is 1.90 bits per heavy atom.